The topological polar surface area (TPSA) is 62.3 Å². The number of carbonyl (C=O) groups is 2. The van der Waals surface area contributed by atoms with Gasteiger partial charge >= 0.3 is 0 Å². The number of benzene rings is 1. The lowest BCUT2D eigenvalue weighted by atomic mass is 9.92. The normalized spacial score (nSPS) is 19.2. The molecule has 2 amide bonds. The minimum Gasteiger partial charge on any atom is -0.356 e. The molecule has 2 atom stereocenters. The van der Waals surface area contributed by atoms with Gasteiger partial charge in [0.2, 0.25) is 5.91 Å². The molecule has 0 aliphatic carbocycles. The Morgan fingerprint density at radius 2 is 2.00 bits per heavy atom. The van der Waals surface area contributed by atoms with Crippen LogP contribution in [0, 0.1) is 18.7 Å². The summed E-state index contributed by atoms with van der Waals surface area (Å²) < 4.78 is 13.2. The van der Waals surface area contributed by atoms with E-state index in [9.17, 15) is 14.0 Å². The smallest absolute Gasteiger partial charge is 0.266 e. The summed E-state index contributed by atoms with van der Waals surface area (Å²) in [6, 6.07) is 6.20. The molecule has 1 aliphatic heterocycles. The highest BCUT2D eigenvalue weighted by Gasteiger charge is 2.34. The molecule has 7 heteroatoms. The van der Waals surface area contributed by atoms with E-state index in [1.807, 2.05) is 18.7 Å². The third-order valence-electron chi connectivity index (χ3n) is 5.43. The Morgan fingerprint density at radius 1 is 1.28 bits per heavy atom. The van der Waals surface area contributed by atoms with Crippen LogP contribution in [0.1, 0.15) is 54.9 Å². The van der Waals surface area contributed by atoms with Crippen molar-refractivity contribution < 1.29 is 14.0 Å². The van der Waals surface area contributed by atoms with E-state index in [-0.39, 0.29) is 29.6 Å². The molecule has 0 radical (unpaired) electrons. The second kappa shape index (κ2) is 9.48. The third kappa shape index (κ3) is 5.01. The zero-order valence-electron chi connectivity index (χ0n) is 17.2. The summed E-state index contributed by atoms with van der Waals surface area (Å²) in [6.07, 6.45) is 3.60. The number of rotatable bonds is 6. The maximum Gasteiger partial charge on any atom is 0.266 e. The molecule has 1 aromatic carbocycles. The number of nitrogens with one attached hydrogen (secondary N) is 1. The first-order chi connectivity index (χ1) is 13.9. The fourth-order valence-electron chi connectivity index (χ4n) is 3.58. The van der Waals surface area contributed by atoms with Crippen molar-refractivity contribution in [2.75, 3.05) is 13.1 Å². The highest BCUT2D eigenvalue weighted by Crippen LogP contribution is 2.31. The van der Waals surface area contributed by atoms with Gasteiger partial charge in [0, 0.05) is 24.7 Å². The molecule has 1 fully saturated rings. The van der Waals surface area contributed by atoms with Crippen LogP contribution in [-0.2, 0) is 4.79 Å². The largest absolute Gasteiger partial charge is 0.356 e. The van der Waals surface area contributed by atoms with Gasteiger partial charge in [0.05, 0.1) is 11.6 Å². The fourth-order valence-corrected chi connectivity index (χ4v) is 4.61. The van der Waals surface area contributed by atoms with Gasteiger partial charge in [-0.2, -0.15) is 0 Å². The molecule has 0 bridgehead atoms. The van der Waals surface area contributed by atoms with Crippen molar-refractivity contribution in [3.05, 3.63) is 40.7 Å². The SMILES string of the molecule is CCCCNC(=O)C1CCC(C)N(C(=O)c2sc(-c3ccc(F)cc3)nc2C)C1. The van der Waals surface area contributed by atoms with Crippen LogP contribution in [-0.4, -0.2) is 40.8 Å². The van der Waals surface area contributed by atoms with Gasteiger partial charge in [-0.15, -0.1) is 11.3 Å². The standard InChI is InChI=1S/C22H28FN3O2S/c1-4-5-12-24-20(27)17-7-6-14(2)26(13-17)22(28)19-15(3)25-21(29-19)16-8-10-18(23)11-9-16/h8-11,14,17H,4-7,12-13H2,1-3H3,(H,24,27). The summed E-state index contributed by atoms with van der Waals surface area (Å²) in [7, 11) is 0. The van der Waals surface area contributed by atoms with Crippen molar-refractivity contribution in [3.63, 3.8) is 0 Å². The van der Waals surface area contributed by atoms with Crippen LogP contribution in [0.2, 0.25) is 0 Å². The maximum atomic E-state index is 13.3. The number of likely N-dealkylation sites (tertiary alicyclic amines) is 1. The van der Waals surface area contributed by atoms with Crippen LogP contribution in [0.3, 0.4) is 0 Å². The fraction of sp³-hybridized carbons (Fsp3) is 0.500. The molecule has 1 saturated heterocycles. The summed E-state index contributed by atoms with van der Waals surface area (Å²) >= 11 is 1.32. The van der Waals surface area contributed by atoms with Crippen molar-refractivity contribution in [2.24, 2.45) is 5.92 Å². The first-order valence-electron chi connectivity index (χ1n) is 10.2. The van der Waals surface area contributed by atoms with E-state index in [2.05, 4.69) is 17.2 Å². The van der Waals surface area contributed by atoms with E-state index >= 15 is 0 Å². The van der Waals surface area contributed by atoms with Crippen molar-refractivity contribution in [2.45, 2.75) is 52.5 Å². The lowest BCUT2D eigenvalue weighted by molar-refractivity contribution is -0.126. The van der Waals surface area contributed by atoms with Crippen LogP contribution in [0.25, 0.3) is 10.6 Å². The number of piperidine rings is 1. The van der Waals surface area contributed by atoms with Gasteiger partial charge in [0.25, 0.3) is 5.91 Å². The Morgan fingerprint density at radius 3 is 2.69 bits per heavy atom. The van der Waals surface area contributed by atoms with E-state index in [1.54, 1.807) is 12.1 Å². The minimum atomic E-state index is -0.302. The first kappa shape index (κ1) is 21.4. The lowest BCUT2D eigenvalue weighted by Crippen LogP contribution is -2.49. The molecule has 5 nitrogen and oxygen atoms in total. The molecule has 0 saturated carbocycles. The number of amides is 2. The van der Waals surface area contributed by atoms with Crippen molar-refractivity contribution in [1.82, 2.24) is 15.2 Å². The summed E-state index contributed by atoms with van der Waals surface area (Å²) in [4.78, 5) is 32.7. The van der Waals surface area contributed by atoms with Gasteiger partial charge in [-0.05, 0) is 57.4 Å². The number of unbranched alkanes of at least 4 members (excludes halogenated alkanes) is 1. The first-order valence-corrected chi connectivity index (χ1v) is 11.0. The number of thiazole rings is 1. The molecule has 2 heterocycles. The van der Waals surface area contributed by atoms with Crippen LogP contribution in [0.15, 0.2) is 24.3 Å². The van der Waals surface area contributed by atoms with Crippen LogP contribution in [0.5, 0.6) is 0 Å². The zero-order chi connectivity index (χ0) is 21.0. The number of halogens is 1. The number of hydrogen-bond acceptors (Lipinski definition) is 4. The Labute approximate surface area is 175 Å². The molecule has 0 spiro atoms. The zero-order valence-corrected chi connectivity index (χ0v) is 18.0. The molecule has 1 N–H and O–H groups in total. The lowest BCUT2D eigenvalue weighted by Gasteiger charge is -2.37. The summed E-state index contributed by atoms with van der Waals surface area (Å²) in [5.41, 5.74) is 1.46. The second-order valence-corrected chi connectivity index (χ2v) is 8.66. The number of nitrogens with zero attached hydrogens (tertiary/aromatic N) is 2. The minimum absolute atomic E-state index is 0.0381. The third-order valence-corrected chi connectivity index (χ3v) is 6.62. The van der Waals surface area contributed by atoms with Crippen LogP contribution in [0.4, 0.5) is 4.39 Å². The predicted octanol–water partition coefficient (Wildman–Crippen LogP) is 4.41. The van der Waals surface area contributed by atoms with Crippen LogP contribution < -0.4 is 5.32 Å². The number of carbonyl (C=O) groups excluding carboxylic acids is 2. The van der Waals surface area contributed by atoms with Gasteiger partial charge in [-0.3, -0.25) is 9.59 Å². The molecule has 3 rings (SSSR count). The summed E-state index contributed by atoms with van der Waals surface area (Å²) in [5.74, 6) is -0.511. The summed E-state index contributed by atoms with van der Waals surface area (Å²) in [6.45, 7) is 7.05. The second-order valence-electron chi connectivity index (χ2n) is 7.67. The van der Waals surface area contributed by atoms with E-state index < -0.39 is 0 Å². The Balaban J connectivity index is 1.74. The number of hydrogen-bond donors (Lipinski definition) is 1. The van der Waals surface area contributed by atoms with Crippen LogP contribution >= 0.6 is 11.3 Å². The van der Waals surface area contributed by atoms with E-state index in [0.717, 1.165) is 31.2 Å². The van der Waals surface area contributed by atoms with Gasteiger partial charge < -0.3 is 10.2 Å². The monoisotopic (exact) mass is 417 g/mol. The quantitative estimate of drug-likeness (QED) is 0.708. The molecule has 156 valence electrons. The molecular weight excluding hydrogens is 389 g/mol. The Kier molecular flexibility index (Phi) is 7.00. The average Bonchev–Trinajstić information content (AvgIpc) is 3.10. The average molecular weight is 418 g/mol. The molecule has 1 aromatic heterocycles. The van der Waals surface area contributed by atoms with Gasteiger partial charge in [-0.1, -0.05) is 13.3 Å². The molecule has 2 unspecified atom stereocenters. The highest BCUT2D eigenvalue weighted by atomic mass is 32.1. The molecule has 2 aromatic rings. The van der Waals surface area contributed by atoms with Crippen molar-refractivity contribution in [1.29, 1.82) is 0 Å². The maximum absolute atomic E-state index is 13.3. The number of aryl methyl sites for hydroxylation is 1. The molecular formula is C22H28FN3O2S. The van der Waals surface area contributed by atoms with Gasteiger partial charge in [-0.25, -0.2) is 9.37 Å². The molecule has 1 aliphatic rings. The van der Waals surface area contributed by atoms with Gasteiger partial charge in [0.1, 0.15) is 15.7 Å². The highest BCUT2D eigenvalue weighted by molar-refractivity contribution is 7.17. The Bertz CT molecular complexity index is 865. The van der Waals surface area contributed by atoms with Crippen molar-refractivity contribution in [3.8, 4) is 10.6 Å². The predicted molar refractivity (Wildman–Crippen MR) is 113 cm³/mol. The van der Waals surface area contributed by atoms with Crippen molar-refractivity contribution >= 4 is 23.2 Å². The van der Waals surface area contributed by atoms with Gasteiger partial charge in [0.15, 0.2) is 0 Å². The number of aromatic nitrogens is 1. The van der Waals surface area contributed by atoms with E-state index in [0.29, 0.717) is 28.7 Å². The molecule has 29 heavy (non-hydrogen) atoms. The summed E-state index contributed by atoms with van der Waals surface area (Å²) in [5, 5.41) is 3.69. The van der Waals surface area contributed by atoms with E-state index in [4.69, 9.17) is 0 Å². The Hall–Kier alpha value is -2.28. The van der Waals surface area contributed by atoms with E-state index in [1.165, 1.54) is 23.5 Å².